The van der Waals surface area contributed by atoms with E-state index in [-0.39, 0.29) is 5.25 Å². The summed E-state index contributed by atoms with van der Waals surface area (Å²) in [5.41, 5.74) is 0. The molecule has 0 aliphatic heterocycles. The molecule has 1 unspecified atom stereocenters. The van der Waals surface area contributed by atoms with Crippen molar-refractivity contribution in [1.29, 1.82) is 0 Å². The van der Waals surface area contributed by atoms with Crippen molar-refractivity contribution in [3.63, 3.8) is 0 Å². The number of hydrogen-bond donors (Lipinski definition) is 1. The smallest absolute Gasteiger partial charge is 0.154 e. The zero-order valence-electron chi connectivity index (χ0n) is 11.7. The van der Waals surface area contributed by atoms with E-state index < -0.39 is 9.84 Å². The molecule has 1 aliphatic rings. The van der Waals surface area contributed by atoms with Crippen LogP contribution in [0.4, 0.5) is 0 Å². The van der Waals surface area contributed by atoms with E-state index in [0.29, 0.717) is 18.2 Å². The molecule has 0 aromatic heterocycles. The van der Waals surface area contributed by atoms with E-state index in [1.165, 1.54) is 12.8 Å². The summed E-state index contributed by atoms with van der Waals surface area (Å²) >= 11 is 0. The SMILES string of the molecule is COCCCNCC(C)S(=O)(=O)CC1CCCC1. The van der Waals surface area contributed by atoms with Gasteiger partial charge in [-0.3, -0.25) is 0 Å². The average Bonchev–Trinajstić information content (AvgIpc) is 2.80. The molecule has 0 radical (unpaired) electrons. The number of rotatable bonds is 9. The third-order valence-electron chi connectivity index (χ3n) is 3.69. The van der Waals surface area contributed by atoms with Crippen LogP contribution < -0.4 is 5.32 Å². The normalized spacial score (nSPS) is 19.2. The van der Waals surface area contributed by atoms with E-state index in [9.17, 15) is 8.42 Å². The monoisotopic (exact) mass is 277 g/mol. The lowest BCUT2D eigenvalue weighted by Crippen LogP contribution is -2.34. The standard InChI is InChI=1S/C13H27NO3S/c1-12(10-14-8-5-9-17-2)18(15,16)11-13-6-3-4-7-13/h12-14H,3-11H2,1-2H3. The molecule has 1 N–H and O–H groups in total. The van der Waals surface area contributed by atoms with Crippen LogP contribution in [-0.4, -0.2) is 46.2 Å². The van der Waals surface area contributed by atoms with Gasteiger partial charge in [-0.2, -0.15) is 0 Å². The molecule has 0 saturated heterocycles. The van der Waals surface area contributed by atoms with Crippen LogP contribution in [0.15, 0.2) is 0 Å². The zero-order chi connectivity index (χ0) is 13.4. The molecule has 108 valence electrons. The fraction of sp³-hybridized carbons (Fsp3) is 1.00. The van der Waals surface area contributed by atoms with Crippen LogP contribution in [0, 0.1) is 5.92 Å². The van der Waals surface area contributed by atoms with Crippen LogP contribution >= 0.6 is 0 Å². The number of ether oxygens (including phenoxy) is 1. The third-order valence-corrected chi connectivity index (χ3v) is 6.02. The molecule has 0 amide bonds. The summed E-state index contributed by atoms with van der Waals surface area (Å²) in [4.78, 5) is 0. The van der Waals surface area contributed by atoms with Gasteiger partial charge in [0.15, 0.2) is 9.84 Å². The number of sulfone groups is 1. The van der Waals surface area contributed by atoms with Gasteiger partial charge in [-0.1, -0.05) is 12.8 Å². The van der Waals surface area contributed by atoms with E-state index >= 15 is 0 Å². The molecule has 18 heavy (non-hydrogen) atoms. The van der Waals surface area contributed by atoms with Gasteiger partial charge in [0, 0.05) is 20.3 Å². The number of nitrogens with one attached hydrogen (secondary N) is 1. The number of hydrogen-bond acceptors (Lipinski definition) is 4. The molecule has 0 aromatic carbocycles. The maximum absolute atomic E-state index is 12.1. The molecule has 0 aromatic rings. The van der Waals surface area contributed by atoms with Crippen LogP contribution in [0.5, 0.6) is 0 Å². The highest BCUT2D eigenvalue weighted by Gasteiger charge is 2.26. The summed E-state index contributed by atoms with van der Waals surface area (Å²) in [6, 6.07) is 0. The highest BCUT2D eigenvalue weighted by molar-refractivity contribution is 7.92. The van der Waals surface area contributed by atoms with Crippen molar-refractivity contribution < 1.29 is 13.2 Å². The van der Waals surface area contributed by atoms with Crippen molar-refractivity contribution in [1.82, 2.24) is 5.32 Å². The molecular formula is C13H27NO3S. The lowest BCUT2D eigenvalue weighted by molar-refractivity contribution is 0.194. The summed E-state index contributed by atoms with van der Waals surface area (Å²) in [5.74, 6) is 0.791. The Morgan fingerprint density at radius 2 is 2.00 bits per heavy atom. The number of methoxy groups -OCH3 is 1. The molecule has 1 saturated carbocycles. The molecule has 0 bridgehead atoms. The molecule has 1 rings (SSSR count). The van der Waals surface area contributed by atoms with Crippen LogP contribution in [-0.2, 0) is 14.6 Å². The second-order valence-corrected chi connectivity index (χ2v) is 7.80. The minimum Gasteiger partial charge on any atom is -0.385 e. The average molecular weight is 277 g/mol. The van der Waals surface area contributed by atoms with Crippen molar-refractivity contribution in [2.75, 3.05) is 32.6 Å². The lowest BCUT2D eigenvalue weighted by atomic mass is 10.1. The van der Waals surface area contributed by atoms with Gasteiger partial charge < -0.3 is 10.1 Å². The summed E-state index contributed by atoms with van der Waals surface area (Å²) in [6.07, 6.45) is 5.50. The van der Waals surface area contributed by atoms with Crippen LogP contribution in [0.3, 0.4) is 0 Å². The Labute approximate surface area is 111 Å². The van der Waals surface area contributed by atoms with Gasteiger partial charge in [0.05, 0.1) is 11.0 Å². The van der Waals surface area contributed by atoms with Crippen molar-refractivity contribution in [3.8, 4) is 0 Å². The maximum Gasteiger partial charge on any atom is 0.154 e. The van der Waals surface area contributed by atoms with E-state index in [4.69, 9.17) is 4.74 Å². The topological polar surface area (TPSA) is 55.4 Å². The molecule has 0 heterocycles. The molecule has 5 heteroatoms. The Hall–Kier alpha value is -0.130. The van der Waals surface area contributed by atoms with Gasteiger partial charge in [0.25, 0.3) is 0 Å². The summed E-state index contributed by atoms with van der Waals surface area (Å²) in [6.45, 7) is 3.90. The van der Waals surface area contributed by atoms with Crippen molar-refractivity contribution in [2.45, 2.75) is 44.3 Å². The van der Waals surface area contributed by atoms with Crippen LogP contribution in [0.1, 0.15) is 39.0 Å². The first kappa shape index (κ1) is 15.9. The fourth-order valence-corrected chi connectivity index (χ4v) is 4.13. The molecular weight excluding hydrogens is 250 g/mol. The molecule has 0 spiro atoms. The summed E-state index contributed by atoms with van der Waals surface area (Å²) < 4.78 is 29.2. The Balaban J connectivity index is 2.23. The van der Waals surface area contributed by atoms with Gasteiger partial charge >= 0.3 is 0 Å². The van der Waals surface area contributed by atoms with Gasteiger partial charge in [0.2, 0.25) is 0 Å². The van der Waals surface area contributed by atoms with Gasteiger partial charge in [-0.15, -0.1) is 0 Å². The van der Waals surface area contributed by atoms with Crippen LogP contribution in [0.2, 0.25) is 0 Å². The molecule has 1 fully saturated rings. The zero-order valence-corrected chi connectivity index (χ0v) is 12.5. The minimum absolute atomic E-state index is 0.277. The predicted octanol–water partition coefficient (Wildman–Crippen LogP) is 1.61. The van der Waals surface area contributed by atoms with E-state index in [0.717, 1.165) is 32.4 Å². The van der Waals surface area contributed by atoms with Gasteiger partial charge in [0.1, 0.15) is 0 Å². The lowest BCUT2D eigenvalue weighted by Gasteiger charge is -2.16. The molecule has 1 atom stereocenters. The Morgan fingerprint density at radius 3 is 2.61 bits per heavy atom. The molecule has 1 aliphatic carbocycles. The first-order valence-electron chi connectivity index (χ1n) is 6.97. The van der Waals surface area contributed by atoms with Gasteiger partial charge in [-0.25, -0.2) is 8.42 Å². The second kappa shape index (κ2) is 8.12. The first-order chi connectivity index (χ1) is 8.56. The fourth-order valence-electron chi connectivity index (χ4n) is 2.44. The van der Waals surface area contributed by atoms with E-state index in [2.05, 4.69) is 5.32 Å². The molecule has 4 nitrogen and oxygen atoms in total. The van der Waals surface area contributed by atoms with Crippen LogP contribution in [0.25, 0.3) is 0 Å². The minimum atomic E-state index is -2.93. The Morgan fingerprint density at radius 1 is 1.33 bits per heavy atom. The largest absolute Gasteiger partial charge is 0.385 e. The Kier molecular flexibility index (Phi) is 7.19. The highest BCUT2D eigenvalue weighted by Crippen LogP contribution is 2.26. The summed E-state index contributed by atoms with van der Waals surface area (Å²) in [5, 5.41) is 2.91. The van der Waals surface area contributed by atoms with Crippen molar-refractivity contribution in [2.24, 2.45) is 5.92 Å². The predicted molar refractivity (Wildman–Crippen MR) is 74.6 cm³/mol. The van der Waals surface area contributed by atoms with Gasteiger partial charge in [-0.05, 0) is 38.6 Å². The highest BCUT2D eigenvalue weighted by atomic mass is 32.2. The Bertz CT molecular complexity index is 310. The quantitative estimate of drug-likeness (QED) is 0.651. The third kappa shape index (κ3) is 5.67. The second-order valence-electron chi connectivity index (χ2n) is 5.34. The maximum atomic E-state index is 12.1. The van der Waals surface area contributed by atoms with E-state index in [1.54, 1.807) is 7.11 Å². The first-order valence-corrected chi connectivity index (χ1v) is 8.69. The van der Waals surface area contributed by atoms with Crippen molar-refractivity contribution in [3.05, 3.63) is 0 Å². The van der Waals surface area contributed by atoms with E-state index in [1.807, 2.05) is 6.92 Å². The summed E-state index contributed by atoms with van der Waals surface area (Å²) in [7, 11) is -1.25. The van der Waals surface area contributed by atoms with Crippen molar-refractivity contribution >= 4 is 9.84 Å².